The third-order valence-electron chi connectivity index (χ3n) is 9.86. The third kappa shape index (κ3) is 7.03. The molecule has 2 fully saturated rings. The molecule has 51 heavy (non-hydrogen) atoms. The van der Waals surface area contributed by atoms with Crippen LogP contribution in [0.15, 0.2) is 118 Å². The van der Waals surface area contributed by atoms with Gasteiger partial charge in [-0.2, -0.15) is 16.9 Å². The summed E-state index contributed by atoms with van der Waals surface area (Å²) in [5.41, 5.74) is 4.22. The fourth-order valence-electron chi connectivity index (χ4n) is 7.35. The van der Waals surface area contributed by atoms with E-state index in [9.17, 15) is 9.59 Å². The molecule has 3 aliphatic rings. The summed E-state index contributed by atoms with van der Waals surface area (Å²) in [5, 5.41) is 32.9. The van der Waals surface area contributed by atoms with Gasteiger partial charge in [-0.15, -0.1) is 15.3 Å². The van der Waals surface area contributed by atoms with Crippen LogP contribution in [0.4, 0.5) is 34.1 Å². The number of nitrogens with zero attached hydrogens (tertiary/aromatic N) is 4. The largest absolute Gasteiger partial charge is 0.461 e. The van der Waals surface area contributed by atoms with Crippen molar-refractivity contribution in [2.24, 2.45) is 26.4 Å². The zero-order valence-electron chi connectivity index (χ0n) is 28.3. The van der Waals surface area contributed by atoms with Crippen LogP contribution in [-0.4, -0.2) is 41.2 Å². The van der Waals surface area contributed by atoms with Crippen molar-refractivity contribution in [1.29, 1.82) is 0 Å². The highest BCUT2D eigenvalue weighted by Gasteiger charge is 2.42. The number of esters is 1. The quantitative estimate of drug-likeness (QED) is 0.0716. The Labute approximate surface area is 300 Å². The van der Waals surface area contributed by atoms with Crippen molar-refractivity contribution < 1.29 is 14.3 Å². The van der Waals surface area contributed by atoms with Gasteiger partial charge in [-0.05, 0) is 73.9 Å². The van der Waals surface area contributed by atoms with E-state index < -0.39 is 5.66 Å². The van der Waals surface area contributed by atoms with E-state index in [1.165, 1.54) is 0 Å². The molecule has 0 spiro atoms. The molecule has 1 amide bonds. The van der Waals surface area contributed by atoms with Crippen LogP contribution >= 0.6 is 11.8 Å². The number of unbranched alkanes of at least 4 members (excludes halogenated alkanes) is 1. The lowest BCUT2D eigenvalue weighted by atomic mass is 9.97. The Morgan fingerprint density at radius 3 is 2.20 bits per heavy atom. The molecule has 8 rings (SSSR count). The summed E-state index contributed by atoms with van der Waals surface area (Å²) >= 11 is 1.96. The number of fused-ring (bicyclic) bond motifs is 2. The number of hydrogen-bond donors (Lipinski definition) is 3. The lowest BCUT2D eigenvalue weighted by Crippen LogP contribution is -2.49. The van der Waals surface area contributed by atoms with Gasteiger partial charge in [0.2, 0.25) is 5.91 Å². The Hall–Kier alpha value is -5.29. The average Bonchev–Trinajstić information content (AvgIpc) is 3.71. The van der Waals surface area contributed by atoms with E-state index in [1.54, 1.807) is 0 Å². The summed E-state index contributed by atoms with van der Waals surface area (Å²) < 4.78 is 5.77. The molecule has 3 heterocycles. The lowest BCUT2D eigenvalue weighted by Gasteiger charge is -2.38. The first kappa shape index (κ1) is 32.9. The zero-order chi connectivity index (χ0) is 34.8. The number of azo groups is 2. The maximum atomic E-state index is 12.7. The fraction of sp³-hybridized carbons (Fsp3) is 0.300. The minimum atomic E-state index is -0.686. The van der Waals surface area contributed by atoms with Crippen molar-refractivity contribution in [3.05, 3.63) is 97.1 Å². The number of benzene rings is 5. The monoisotopic (exact) mass is 697 g/mol. The van der Waals surface area contributed by atoms with Crippen molar-refractivity contribution in [3.63, 3.8) is 0 Å². The van der Waals surface area contributed by atoms with Gasteiger partial charge < -0.3 is 20.7 Å². The lowest BCUT2D eigenvalue weighted by molar-refractivity contribution is -0.144. The summed E-state index contributed by atoms with van der Waals surface area (Å²) in [7, 11) is 0. The molecule has 0 aromatic heterocycles. The molecule has 0 saturated carbocycles. The van der Waals surface area contributed by atoms with Crippen LogP contribution in [0.1, 0.15) is 39.0 Å². The Balaban J connectivity index is 0.915. The fourth-order valence-corrected chi connectivity index (χ4v) is 9.00. The molecule has 4 atom stereocenters. The number of carbonyl (C=O) groups is 2. The van der Waals surface area contributed by atoms with E-state index in [1.807, 2.05) is 116 Å². The highest BCUT2D eigenvalue weighted by molar-refractivity contribution is 8.00. The first-order valence-corrected chi connectivity index (χ1v) is 18.6. The summed E-state index contributed by atoms with van der Waals surface area (Å²) in [5.74, 6) is 1.49. The summed E-state index contributed by atoms with van der Waals surface area (Å²) in [4.78, 5) is 24.5. The number of hydrogen-bond acceptors (Lipinski definition) is 10. The van der Waals surface area contributed by atoms with E-state index in [2.05, 4.69) is 26.2 Å². The molecule has 0 bridgehead atoms. The highest BCUT2D eigenvalue weighted by Crippen LogP contribution is 2.43. The summed E-state index contributed by atoms with van der Waals surface area (Å²) in [6, 6.07) is 31.8. The molecule has 0 radical (unpaired) electrons. The van der Waals surface area contributed by atoms with E-state index in [-0.39, 0.29) is 18.5 Å². The Morgan fingerprint density at radius 1 is 0.784 bits per heavy atom. The molecule has 3 N–H and O–H groups in total. The molecule has 3 aliphatic heterocycles. The van der Waals surface area contributed by atoms with E-state index in [0.29, 0.717) is 30.1 Å². The van der Waals surface area contributed by atoms with Crippen molar-refractivity contribution in [2.75, 3.05) is 23.0 Å². The van der Waals surface area contributed by atoms with Gasteiger partial charge in [0.25, 0.3) is 0 Å². The van der Waals surface area contributed by atoms with Crippen molar-refractivity contribution in [1.82, 2.24) is 5.32 Å². The molecule has 10 nitrogen and oxygen atoms in total. The maximum Gasteiger partial charge on any atom is 0.305 e. The Kier molecular flexibility index (Phi) is 9.12. The van der Waals surface area contributed by atoms with Crippen molar-refractivity contribution in [2.45, 2.75) is 56.0 Å². The Bertz CT molecular complexity index is 2160. The number of nitrogens with one attached hydrogen (secondary N) is 3. The minimum absolute atomic E-state index is 0.172. The van der Waals surface area contributed by atoms with Crippen molar-refractivity contribution >= 4 is 79.3 Å². The second-order valence-corrected chi connectivity index (χ2v) is 14.9. The van der Waals surface area contributed by atoms with E-state index in [4.69, 9.17) is 15.0 Å². The normalized spacial score (nSPS) is 22.3. The SMILES string of the molecule is CC1(COC(=O)CCCC[C@H]2SC[C@H]3CC(=O)N[C@H]32)Nc2cccc3c(N=Nc4ccc(N=Nc5ccccc5)c5ccccc45)ccc(c23)N1. The van der Waals surface area contributed by atoms with Crippen LogP contribution in [0, 0.1) is 5.92 Å². The number of thioether (sulfide) groups is 1. The first-order valence-electron chi connectivity index (χ1n) is 17.5. The molecule has 11 heteroatoms. The van der Waals surface area contributed by atoms with Gasteiger partial charge in [0.1, 0.15) is 12.3 Å². The van der Waals surface area contributed by atoms with Gasteiger partial charge in [0.05, 0.1) is 22.7 Å². The van der Waals surface area contributed by atoms with Crippen LogP contribution < -0.4 is 16.0 Å². The number of carbonyl (C=O) groups excluding carboxylic acids is 2. The highest BCUT2D eigenvalue weighted by atomic mass is 32.2. The predicted molar refractivity (Wildman–Crippen MR) is 204 cm³/mol. The third-order valence-corrected chi connectivity index (χ3v) is 11.4. The Morgan fingerprint density at radius 2 is 1.43 bits per heavy atom. The molecule has 1 unspecified atom stereocenters. The standard InChI is InChI=1S/C40H39N7O3S/c1-40(24-50-37(49)17-8-7-16-35-39-25(23-51-35)22-36(48)41-39)42-33-15-9-14-29-32(20-21-34(43-40)38(29)33)47-46-31-19-18-30(27-12-5-6-13-28(27)31)45-44-26-10-3-2-4-11-26/h2-6,9-15,18-21,25,35,39,42-43H,7-8,16-17,22-24H2,1H3,(H,41,48)/t25-,35-,39-,40?/m1/s1. The summed E-state index contributed by atoms with van der Waals surface area (Å²) in [6.07, 6.45) is 3.76. The average molecular weight is 698 g/mol. The number of ether oxygens (including phenoxy) is 1. The molecule has 0 aliphatic carbocycles. The topological polar surface area (TPSA) is 129 Å². The second kappa shape index (κ2) is 14.1. The molecule has 2 saturated heterocycles. The van der Waals surface area contributed by atoms with Crippen LogP contribution in [0.3, 0.4) is 0 Å². The van der Waals surface area contributed by atoms with Gasteiger partial charge in [-0.25, -0.2) is 0 Å². The van der Waals surface area contributed by atoms with Gasteiger partial charge in [-0.3, -0.25) is 9.59 Å². The molecule has 5 aromatic rings. The van der Waals surface area contributed by atoms with E-state index >= 15 is 0 Å². The smallest absolute Gasteiger partial charge is 0.305 e. The minimum Gasteiger partial charge on any atom is -0.461 e. The molecule has 5 aromatic carbocycles. The van der Waals surface area contributed by atoms with Crippen LogP contribution in [0.2, 0.25) is 0 Å². The van der Waals surface area contributed by atoms with Crippen LogP contribution in [-0.2, 0) is 14.3 Å². The van der Waals surface area contributed by atoms with Gasteiger partial charge in [0.15, 0.2) is 0 Å². The van der Waals surface area contributed by atoms with Crippen LogP contribution in [0.5, 0.6) is 0 Å². The number of anilines is 2. The molecular weight excluding hydrogens is 659 g/mol. The van der Waals surface area contributed by atoms with Crippen LogP contribution in [0.25, 0.3) is 21.5 Å². The first-order chi connectivity index (χ1) is 24.9. The van der Waals surface area contributed by atoms with Gasteiger partial charge in [0, 0.05) is 57.1 Å². The van der Waals surface area contributed by atoms with Crippen molar-refractivity contribution in [3.8, 4) is 0 Å². The zero-order valence-corrected chi connectivity index (χ0v) is 29.2. The predicted octanol–water partition coefficient (Wildman–Crippen LogP) is 10.1. The summed E-state index contributed by atoms with van der Waals surface area (Å²) in [6.45, 7) is 2.17. The van der Waals surface area contributed by atoms with Gasteiger partial charge >= 0.3 is 5.97 Å². The number of amides is 1. The molecular formula is C40H39N7O3S. The van der Waals surface area contributed by atoms with E-state index in [0.717, 1.165) is 80.7 Å². The van der Waals surface area contributed by atoms with Gasteiger partial charge in [-0.1, -0.05) is 61.0 Å². The second-order valence-electron chi connectivity index (χ2n) is 13.7. The molecule has 258 valence electrons. The number of rotatable bonds is 11. The maximum absolute atomic E-state index is 12.7.